The minimum absolute atomic E-state index is 0.181. The number of hydrogen-bond donors (Lipinski definition) is 1. The van der Waals surface area contributed by atoms with Crippen molar-refractivity contribution in [3.8, 4) is 0 Å². The van der Waals surface area contributed by atoms with Crippen LogP contribution >= 0.6 is 0 Å². The summed E-state index contributed by atoms with van der Waals surface area (Å²) in [5, 5.41) is 3.55. The van der Waals surface area contributed by atoms with E-state index in [0.717, 1.165) is 32.8 Å². The van der Waals surface area contributed by atoms with Gasteiger partial charge in [-0.05, 0) is 19.3 Å². The molecule has 20 heavy (non-hydrogen) atoms. The zero-order valence-corrected chi connectivity index (χ0v) is 13.7. The first kappa shape index (κ1) is 17.9. The highest BCUT2D eigenvalue weighted by atomic mass is 16.7. The summed E-state index contributed by atoms with van der Waals surface area (Å²) in [6.45, 7) is 11.4. The first-order chi connectivity index (χ1) is 9.58. The Bertz CT molecular complexity index is 241. The number of morpholine rings is 1. The molecule has 1 rings (SSSR count). The lowest BCUT2D eigenvalue weighted by molar-refractivity contribution is -0.120. The summed E-state index contributed by atoms with van der Waals surface area (Å²) in [5.74, 6) is 0.695. The SMILES string of the molecule is COC(OC)C(C)NCC(CC(C)C)N1CCOCC1. The molecule has 0 aromatic carbocycles. The van der Waals surface area contributed by atoms with Gasteiger partial charge in [-0.15, -0.1) is 0 Å². The van der Waals surface area contributed by atoms with Crippen molar-refractivity contribution < 1.29 is 14.2 Å². The molecule has 120 valence electrons. The van der Waals surface area contributed by atoms with Crippen molar-refractivity contribution in [2.45, 2.75) is 45.6 Å². The van der Waals surface area contributed by atoms with Gasteiger partial charge in [-0.3, -0.25) is 4.90 Å². The standard InChI is InChI=1S/C15H32N2O3/c1-12(2)10-14(17-6-8-20-9-7-17)11-16-13(3)15(18-4)19-5/h12-16H,6-11H2,1-5H3. The molecule has 0 spiro atoms. The maximum Gasteiger partial charge on any atom is 0.171 e. The predicted octanol–water partition coefficient (Wildman–Crippen LogP) is 1.33. The van der Waals surface area contributed by atoms with E-state index in [4.69, 9.17) is 14.2 Å². The maximum absolute atomic E-state index is 5.45. The molecule has 1 saturated heterocycles. The molecule has 1 heterocycles. The van der Waals surface area contributed by atoms with E-state index in [1.165, 1.54) is 6.42 Å². The van der Waals surface area contributed by atoms with Gasteiger partial charge in [0.15, 0.2) is 6.29 Å². The van der Waals surface area contributed by atoms with Gasteiger partial charge < -0.3 is 19.5 Å². The summed E-state index contributed by atoms with van der Waals surface area (Å²) in [6, 6.07) is 0.733. The van der Waals surface area contributed by atoms with Gasteiger partial charge in [0.05, 0.1) is 19.3 Å². The largest absolute Gasteiger partial charge is 0.379 e. The molecule has 2 unspecified atom stereocenters. The fourth-order valence-electron chi connectivity index (χ4n) is 2.77. The fraction of sp³-hybridized carbons (Fsp3) is 1.00. The average molecular weight is 288 g/mol. The summed E-state index contributed by atoms with van der Waals surface area (Å²) in [7, 11) is 3.36. The molecule has 0 amide bonds. The van der Waals surface area contributed by atoms with Crippen LogP contribution in [0.25, 0.3) is 0 Å². The molecular formula is C15H32N2O3. The van der Waals surface area contributed by atoms with Crippen LogP contribution in [0.2, 0.25) is 0 Å². The van der Waals surface area contributed by atoms with Crippen LogP contribution in [0.15, 0.2) is 0 Å². The summed E-state index contributed by atoms with van der Waals surface area (Å²) in [4.78, 5) is 2.54. The molecule has 1 aliphatic heterocycles. The molecule has 2 atom stereocenters. The van der Waals surface area contributed by atoms with Crippen LogP contribution in [0.3, 0.4) is 0 Å². The Kier molecular flexibility index (Phi) is 8.64. The van der Waals surface area contributed by atoms with Crippen molar-refractivity contribution in [2.24, 2.45) is 5.92 Å². The van der Waals surface area contributed by atoms with Crippen molar-refractivity contribution in [2.75, 3.05) is 47.1 Å². The van der Waals surface area contributed by atoms with Gasteiger partial charge in [0.2, 0.25) is 0 Å². The third kappa shape index (κ3) is 6.06. The van der Waals surface area contributed by atoms with E-state index in [-0.39, 0.29) is 12.3 Å². The average Bonchev–Trinajstić information content (AvgIpc) is 2.45. The maximum atomic E-state index is 5.45. The third-order valence-corrected chi connectivity index (χ3v) is 3.85. The second-order valence-corrected chi connectivity index (χ2v) is 5.97. The molecule has 0 radical (unpaired) electrons. The molecule has 5 heteroatoms. The second-order valence-electron chi connectivity index (χ2n) is 5.97. The fourth-order valence-corrected chi connectivity index (χ4v) is 2.77. The Balaban J connectivity index is 2.47. The molecule has 1 N–H and O–H groups in total. The van der Waals surface area contributed by atoms with Crippen LogP contribution in [0, 0.1) is 5.92 Å². The Morgan fingerprint density at radius 2 is 1.70 bits per heavy atom. The molecular weight excluding hydrogens is 256 g/mol. The highest BCUT2D eigenvalue weighted by molar-refractivity contribution is 4.79. The van der Waals surface area contributed by atoms with Gasteiger partial charge in [0, 0.05) is 39.9 Å². The number of hydrogen-bond acceptors (Lipinski definition) is 5. The number of ether oxygens (including phenoxy) is 3. The Morgan fingerprint density at radius 1 is 1.10 bits per heavy atom. The smallest absolute Gasteiger partial charge is 0.171 e. The molecule has 0 bridgehead atoms. The topological polar surface area (TPSA) is 43.0 Å². The highest BCUT2D eigenvalue weighted by Gasteiger charge is 2.23. The van der Waals surface area contributed by atoms with Gasteiger partial charge >= 0.3 is 0 Å². The molecule has 0 aromatic rings. The molecule has 0 aliphatic carbocycles. The number of nitrogens with one attached hydrogen (secondary N) is 1. The summed E-state index contributed by atoms with van der Waals surface area (Å²) in [5.41, 5.74) is 0. The second kappa shape index (κ2) is 9.68. The van der Waals surface area contributed by atoms with Crippen molar-refractivity contribution >= 4 is 0 Å². The normalized spacial score (nSPS) is 20.6. The van der Waals surface area contributed by atoms with Crippen molar-refractivity contribution in [3.05, 3.63) is 0 Å². The van der Waals surface area contributed by atoms with E-state index in [0.29, 0.717) is 12.0 Å². The predicted molar refractivity (Wildman–Crippen MR) is 80.9 cm³/mol. The monoisotopic (exact) mass is 288 g/mol. The van der Waals surface area contributed by atoms with Crippen LogP contribution in [0.4, 0.5) is 0 Å². The van der Waals surface area contributed by atoms with E-state index >= 15 is 0 Å². The first-order valence-electron chi connectivity index (χ1n) is 7.69. The van der Waals surface area contributed by atoms with Gasteiger partial charge in [0.1, 0.15) is 0 Å². The van der Waals surface area contributed by atoms with Crippen LogP contribution in [-0.4, -0.2) is 70.3 Å². The van der Waals surface area contributed by atoms with Crippen molar-refractivity contribution in [1.29, 1.82) is 0 Å². The Hall–Kier alpha value is -0.200. The van der Waals surface area contributed by atoms with Gasteiger partial charge in [0.25, 0.3) is 0 Å². The van der Waals surface area contributed by atoms with E-state index in [2.05, 4.69) is 31.0 Å². The van der Waals surface area contributed by atoms with Crippen molar-refractivity contribution in [3.63, 3.8) is 0 Å². The van der Waals surface area contributed by atoms with Crippen LogP contribution in [-0.2, 0) is 14.2 Å². The summed E-state index contributed by atoms with van der Waals surface area (Å²) >= 11 is 0. The van der Waals surface area contributed by atoms with E-state index in [1.807, 2.05) is 0 Å². The Morgan fingerprint density at radius 3 is 2.20 bits per heavy atom. The zero-order chi connectivity index (χ0) is 15.0. The first-order valence-corrected chi connectivity index (χ1v) is 7.69. The lowest BCUT2D eigenvalue weighted by atomic mass is 10.0. The minimum Gasteiger partial charge on any atom is -0.379 e. The van der Waals surface area contributed by atoms with Crippen LogP contribution < -0.4 is 5.32 Å². The lowest BCUT2D eigenvalue weighted by Gasteiger charge is -2.36. The number of nitrogens with zero attached hydrogens (tertiary/aromatic N) is 1. The Labute approximate surface area is 123 Å². The molecule has 0 aromatic heterocycles. The highest BCUT2D eigenvalue weighted by Crippen LogP contribution is 2.13. The van der Waals surface area contributed by atoms with E-state index in [9.17, 15) is 0 Å². The van der Waals surface area contributed by atoms with Gasteiger partial charge in [-0.1, -0.05) is 13.8 Å². The van der Waals surface area contributed by atoms with E-state index < -0.39 is 0 Å². The van der Waals surface area contributed by atoms with E-state index in [1.54, 1.807) is 14.2 Å². The van der Waals surface area contributed by atoms with Crippen molar-refractivity contribution in [1.82, 2.24) is 10.2 Å². The number of rotatable bonds is 9. The van der Waals surface area contributed by atoms with Crippen LogP contribution in [0.5, 0.6) is 0 Å². The minimum atomic E-state index is -0.195. The summed E-state index contributed by atoms with van der Waals surface area (Å²) in [6.07, 6.45) is 1.00. The van der Waals surface area contributed by atoms with Gasteiger partial charge in [-0.2, -0.15) is 0 Å². The third-order valence-electron chi connectivity index (χ3n) is 3.85. The molecule has 5 nitrogen and oxygen atoms in total. The van der Waals surface area contributed by atoms with Crippen LogP contribution in [0.1, 0.15) is 27.2 Å². The quantitative estimate of drug-likeness (QED) is 0.648. The number of methoxy groups -OCH3 is 2. The zero-order valence-electron chi connectivity index (χ0n) is 13.7. The molecule has 0 saturated carbocycles. The molecule has 1 fully saturated rings. The molecule has 1 aliphatic rings. The van der Waals surface area contributed by atoms with Gasteiger partial charge in [-0.25, -0.2) is 0 Å². The summed E-state index contributed by atoms with van der Waals surface area (Å²) < 4.78 is 16.1. The lowest BCUT2D eigenvalue weighted by Crippen LogP contribution is -2.51.